The van der Waals surface area contributed by atoms with Crippen LogP contribution in [0.15, 0.2) is 46.9 Å². The van der Waals surface area contributed by atoms with E-state index in [0.717, 1.165) is 12.1 Å². The van der Waals surface area contributed by atoms with E-state index in [0.29, 0.717) is 10.0 Å². The van der Waals surface area contributed by atoms with Gasteiger partial charge < -0.3 is 10.4 Å². The SMILES string of the molecule is O=C(O)c1ccc(NC(=O)c2ccccc2Br)cc1F. The number of benzene rings is 2. The van der Waals surface area contributed by atoms with E-state index in [1.807, 2.05) is 0 Å². The van der Waals surface area contributed by atoms with E-state index >= 15 is 0 Å². The number of nitrogens with one attached hydrogen (secondary N) is 1. The first-order valence-electron chi connectivity index (χ1n) is 5.58. The second-order valence-electron chi connectivity index (χ2n) is 3.93. The summed E-state index contributed by atoms with van der Waals surface area (Å²) < 4.78 is 14.1. The van der Waals surface area contributed by atoms with E-state index in [2.05, 4.69) is 21.2 Å². The van der Waals surface area contributed by atoms with Crippen LogP contribution in [-0.2, 0) is 0 Å². The number of halogens is 2. The predicted molar refractivity (Wildman–Crippen MR) is 75.5 cm³/mol. The second kappa shape index (κ2) is 5.83. The number of hydrogen-bond acceptors (Lipinski definition) is 2. The molecule has 20 heavy (non-hydrogen) atoms. The zero-order chi connectivity index (χ0) is 14.7. The molecule has 0 radical (unpaired) electrons. The normalized spacial score (nSPS) is 10.1. The lowest BCUT2D eigenvalue weighted by atomic mass is 10.1. The minimum Gasteiger partial charge on any atom is -0.478 e. The van der Waals surface area contributed by atoms with Crippen LogP contribution in [0.1, 0.15) is 20.7 Å². The molecule has 6 heteroatoms. The molecule has 0 bridgehead atoms. The maximum absolute atomic E-state index is 13.5. The van der Waals surface area contributed by atoms with Gasteiger partial charge in [-0.25, -0.2) is 9.18 Å². The first-order valence-corrected chi connectivity index (χ1v) is 6.37. The van der Waals surface area contributed by atoms with E-state index < -0.39 is 23.3 Å². The highest BCUT2D eigenvalue weighted by Gasteiger charge is 2.13. The fraction of sp³-hybridized carbons (Fsp3) is 0. The predicted octanol–water partition coefficient (Wildman–Crippen LogP) is 3.54. The molecular formula is C14H9BrFNO3. The Labute approximate surface area is 122 Å². The van der Waals surface area contributed by atoms with Gasteiger partial charge in [0.2, 0.25) is 0 Å². The van der Waals surface area contributed by atoms with Crippen LogP contribution in [0.2, 0.25) is 0 Å². The highest BCUT2D eigenvalue weighted by atomic mass is 79.9. The van der Waals surface area contributed by atoms with Gasteiger partial charge in [0.05, 0.1) is 11.1 Å². The van der Waals surface area contributed by atoms with E-state index in [4.69, 9.17) is 5.11 Å². The third-order valence-corrected chi connectivity index (χ3v) is 3.27. The Morgan fingerprint density at radius 3 is 2.40 bits per heavy atom. The van der Waals surface area contributed by atoms with Gasteiger partial charge >= 0.3 is 5.97 Å². The lowest BCUT2D eigenvalue weighted by Crippen LogP contribution is -2.13. The van der Waals surface area contributed by atoms with E-state index in [1.165, 1.54) is 6.07 Å². The molecule has 0 fully saturated rings. The molecule has 102 valence electrons. The maximum Gasteiger partial charge on any atom is 0.338 e. The molecule has 0 heterocycles. The Morgan fingerprint density at radius 2 is 1.80 bits per heavy atom. The van der Waals surface area contributed by atoms with Crippen molar-refractivity contribution < 1.29 is 19.1 Å². The van der Waals surface area contributed by atoms with Crippen molar-refractivity contribution in [3.8, 4) is 0 Å². The molecule has 4 nitrogen and oxygen atoms in total. The first kappa shape index (κ1) is 14.2. The zero-order valence-electron chi connectivity index (χ0n) is 10.1. The molecule has 0 aromatic heterocycles. The van der Waals surface area contributed by atoms with Gasteiger partial charge in [0, 0.05) is 10.2 Å². The van der Waals surface area contributed by atoms with Crippen molar-refractivity contribution in [3.63, 3.8) is 0 Å². The van der Waals surface area contributed by atoms with Crippen LogP contribution in [0.4, 0.5) is 10.1 Å². The topological polar surface area (TPSA) is 66.4 Å². The van der Waals surface area contributed by atoms with Crippen LogP contribution < -0.4 is 5.32 Å². The molecule has 0 saturated carbocycles. The number of hydrogen-bond donors (Lipinski definition) is 2. The summed E-state index contributed by atoms with van der Waals surface area (Å²) in [6.45, 7) is 0. The molecule has 0 unspecified atom stereocenters. The summed E-state index contributed by atoms with van der Waals surface area (Å²) in [5, 5.41) is 11.2. The number of carbonyl (C=O) groups is 2. The minimum absolute atomic E-state index is 0.188. The maximum atomic E-state index is 13.5. The highest BCUT2D eigenvalue weighted by Crippen LogP contribution is 2.19. The van der Waals surface area contributed by atoms with Crippen LogP contribution in [0.5, 0.6) is 0 Å². The Balaban J connectivity index is 2.23. The summed E-state index contributed by atoms with van der Waals surface area (Å²) in [4.78, 5) is 22.7. The number of anilines is 1. The van der Waals surface area contributed by atoms with Crippen LogP contribution in [0.3, 0.4) is 0 Å². The zero-order valence-corrected chi connectivity index (χ0v) is 11.6. The van der Waals surface area contributed by atoms with Crippen molar-refractivity contribution in [2.24, 2.45) is 0 Å². The lowest BCUT2D eigenvalue weighted by molar-refractivity contribution is 0.0692. The molecule has 0 atom stereocenters. The van der Waals surface area contributed by atoms with Crippen LogP contribution >= 0.6 is 15.9 Å². The van der Waals surface area contributed by atoms with Crippen molar-refractivity contribution in [2.45, 2.75) is 0 Å². The van der Waals surface area contributed by atoms with Gasteiger partial charge in [0.1, 0.15) is 5.82 Å². The molecule has 2 rings (SSSR count). The average molecular weight is 338 g/mol. The Kier molecular flexibility index (Phi) is 4.14. The van der Waals surface area contributed by atoms with Gasteiger partial charge in [0.15, 0.2) is 0 Å². The quantitative estimate of drug-likeness (QED) is 0.900. The molecule has 0 aliphatic rings. The van der Waals surface area contributed by atoms with Gasteiger partial charge in [-0.1, -0.05) is 12.1 Å². The number of carbonyl (C=O) groups excluding carboxylic acids is 1. The van der Waals surface area contributed by atoms with Crippen molar-refractivity contribution in [1.29, 1.82) is 0 Å². The van der Waals surface area contributed by atoms with E-state index in [1.54, 1.807) is 24.3 Å². The molecule has 2 N–H and O–H groups in total. The fourth-order valence-electron chi connectivity index (χ4n) is 1.61. The van der Waals surface area contributed by atoms with Gasteiger partial charge in [-0.05, 0) is 46.3 Å². The molecule has 1 amide bonds. The number of carboxylic acids is 1. The standard InChI is InChI=1S/C14H9BrFNO3/c15-11-4-2-1-3-9(11)13(18)17-8-5-6-10(14(19)20)12(16)7-8/h1-7H,(H,17,18)(H,19,20). The van der Waals surface area contributed by atoms with E-state index in [-0.39, 0.29) is 5.69 Å². The monoisotopic (exact) mass is 337 g/mol. The molecule has 0 spiro atoms. The average Bonchev–Trinajstić information content (AvgIpc) is 2.38. The summed E-state index contributed by atoms with van der Waals surface area (Å²) in [6.07, 6.45) is 0. The smallest absolute Gasteiger partial charge is 0.338 e. The van der Waals surface area contributed by atoms with Crippen LogP contribution in [-0.4, -0.2) is 17.0 Å². The molecular weight excluding hydrogens is 329 g/mol. The molecule has 2 aromatic carbocycles. The van der Waals surface area contributed by atoms with Gasteiger partial charge in [0.25, 0.3) is 5.91 Å². The number of rotatable bonds is 3. The molecule has 0 aliphatic heterocycles. The van der Waals surface area contributed by atoms with Crippen molar-refractivity contribution in [1.82, 2.24) is 0 Å². The third-order valence-electron chi connectivity index (χ3n) is 2.58. The number of carboxylic acid groups (broad SMARTS) is 1. The largest absolute Gasteiger partial charge is 0.478 e. The van der Waals surface area contributed by atoms with Crippen LogP contribution in [0.25, 0.3) is 0 Å². The van der Waals surface area contributed by atoms with Gasteiger partial charge in [-0.3, -0.25) is 4.79 Å². The van der Waals surface area contributed by atoms with Crippen molar-refractivity contribution in [2.75, 3.05) is 5.32 Å². The molecule has 0 aliphatic carbocycles. The summed E-state index contributed by atoms with van der Waals surface area (Å²) in [5.74, 6) is -2.67. The molecule has 0 saturated heterocycles. The summed E-state index contributed by atoms with van der Waals surface area (Å²) in [5.41, 5.74) is 0.146. The Hall–Kier alpha value is -2.21. The minimum atomic E-state index is -1.36. The fourth-order valence-corrected chi connectivity index (χ4v) is 2.07. The second-order valence-corrected chi connectivity index (χ2v) is 4.79. The molecule has 2 aromatic rings. The van der Waals surface area contributed by atoms with E-state index in [9.17, 15) is 14.0 Å². The first-order chi connectivity index (χ1) is 9.49. The summed E-state index contributed by atoms with van der Waals surface area (Å²) >= 11 is 3.24. The van der Waals surface area contributed by atoms with Crippen molar-refractivity contribution in [3.05, 3.63) is 63.9 Å². The third kappa shape index (κ3) is 3.03. The summed E-state index contributed by atoms with van der Waals surface area (Å²) in [7, 11) is 0. The Bertz CT molecular complexity index is 688. The number of amides is 1. The highest BCUT2D eigenvalue weighted by molar-refractivity contribution is 9.10. The lowest BCUT2D eigenvalue weighted by Gasteiger charge is -2.07. The number of aromatic carboxylic acids is 1. The van der Waals surface area contributed by atoms with Gasteiger partial charge in [-0.2, -0.15) is 0 Å². The van der Waals surface area contributed by atoms with Crippen LogP contribution in [0, 0.1) is 5.82 Å². The Morgan fingerprint density at radius 1 is 1.10 bits per heavy atom. The van der Waals surface area contributed by atoms with Crippen molar-refractivity contribution >= 4 is 33.5 Å². The summed E-state index contributed by atoms with van der Waals surface area (Å²) in [6, 6.07) is 10.2. The van der Waals surface area contributed by atoms with Gasteiger partial charge in [-0.15, -0.1) is 0 Å².